The minimum absolute atomic E-state index is 0.262. The molecule has 0 aromatic carbocycles. The number of hydrogen-bond donors (Lipinski definition) is 2. The van der Waals surface area contributed by atoms with Gasteiger partial charge in [0.05, 0.1) is 0 Å². The Morgan fingerprint density at radius 3 is 2.35 bits per heavy atom. The summed E-state index contributed by atoms with van der Waals surface area (Å²) in [5.74, 6) is -2.19. The fraction of sp³-hybridized carbons (Fsp3) is 0.667. The molecule has 1 aliphatic heterocycles. The molecule has 112 valence electrons. The fourth-order valence-electron chi connectivity index (χ4n) is 1.92. The topological polar surface area (TPSA) is 107 Å². The Hall–Kier alpha value is -2.12. The van der Waals surface area contributed by atoms with Gasteiger partial charge in [-0.25, -0.2) is 4.79 Å². The van der Waals surface area contributed by atoms with Gasteiger partial charge in [-0.05, 0) is 20.3 Å². The van der Waals surface area contributed by atoms with Crippen molar-refractivity contribution in [2.24, 2.45) is 0 Å². The normalized spacial score (nSPS) is 17.1. The number of carboxylic acids is 1. The molecule has 0 spiro atoms. The van der Waals surface area contributed by atoms with Gasteiger partial charge in [-0.3, -0.25) is 19.3 Å². The lowest BCUT2D eigenvalue weighted by molar-refractivity contribution is -0.145. The molecular formula is C12H19N3O5. The van der Waals surface area contributed by atoms with Crippen LogP contribution < -0.4 is 5.32 Å². The summed E-state index contributed by atoms with van der Waals surface area (Å²) in [5.41, 5.74) is -1.04. The molecule has 8 nitrogen and oxygen atoms in total. The van der Waals surface area contributed by atoms with E-state index in [4.69, 9.17) is 5.11 Å². The minimum atomic E-state index is -1.13. The smallest absolute Gasteiger partial charge is 0.325 e. The summed E-state index contributed by atoms with van der Waals surface area (Å²) in [7, 11) is 0. The second-order valence-corrected chi connectivity index (χ2v) is 5.16. The summed E-state index contributed by atoms with van der Waals surface area (Å²) >= 11 is 0. The van der Waals surface area contributed by atoms with Gasteiger partial charge in [-0.2, -0.15) is 0 Å². The van der Waals surface area contributed by atoms with Crippen LogP contribution in [0.25, 0.3) is 0 Å². The van der Waals surface area contributed by atoms with Crippen molar-refractivity contribution in [1.29, 1.82) is 0 Å². The Morgan fingerprint density at radius 2 is 1.95 bits per heavy atom. The van der Waals surface area contributed by atoms with E-state index in [1.165, 1.54) is 0 Å². The van der Waals surface area contributed by atoms with E-state index in [9.17, 15) is 19.2 Å². The number of amides is 4. The van der Waals surface area contributed by atoms with E-state index in [0.29, 0.717) is 6.42 Å². The van der Waals surface area contributed by atoms with Crippen molar-refractivity contribution in [3.63, 3.8) is 0 Å². The number of imide groups is 1. The maximum atomic E-state index is 12.0. The van der Waals surface area contributed by atoms with Crippen LogP contribution in [0.1, 0.15) is 27.2 Å². The first-order valence-electron chi connectivity index (χ1n) is 6.32. The molecule has 20 heavy (non-hydrogen) atoms. The summed E-state index contributed by atoms with van der Waals surface area (Å²) in [6.45, 7) is 4.26. The van der Waals surface area contributed by atoms with Crippen LogP contribution >= 0.6 is 0 Å². The molecule has 1 rings (SSSR count). The number of carboxylic acid groups (broad SMARTS) is 1. The van der Waals surface area contributed by atoms with Crippen LogP contribution in [0.15, 0.2) is 0 Å². The number of nitrogens with zero attached hydrogens (tertiary/aromatic N) is 2. The first kappa shape index (κ1) is 15.9. The Balaban J connectivity index is 2.75. The molecule has 1 aliphatic rings. The highest BCUT2D eigenvalue weighted by Gasteiger charge is 2.45. The summed E-state index contributed by atoms with van der Waals surface area (Å²) in [6.07, 6.45) is 0.588. The van der Waals surface area contributed by atoms with Crippen LogP contribution in [-0.2, 0) is 14.4 Å². The van der Waals surface area contributed by atoms with E-state index in [2.05, 4.69) is 5.32 Å². The predicted octanol–water partition coefficient (Wildman–Crippen LogP) is -0.360. The second kappa shape index (κ2) is 5.89. The zero-order valence-corrected chi connectivity index (χ0v) is 11.8. The van der Waals surface area contributed by atoms with Crippen LogP contribution in [0.4, 0.5) is 4.79 Å². The molecule has 0 aromatic rings. The van der Waals surface area contributed by atoms with Crippen LogP contribution in [-0.4, -0.2) is 63.9 Å². The van der Waals surface area contributed by atoms with E-state index in [0.717, 1.165) is 9.80 Å². The molecule has 0 aromatic heterocycles. The summed E-state index contributed by atoms with van der Waals surface area (Å²) in [5, 5.41) is 11.2. The molecule has 1 saturated heterocycles. The van der Waals surface area contributed by atoms with Crippen molar-refractivity contribution >= 4 is 23.8 Å². The van der Waals surface area contributed by atoms with Crippen molar-refractivity contribution in [1.82, 2.24) is 15.1 Å². The molecule has 2 N–H and O–H groups in total. The number of nitrogens with one attached hydrogen (secondary N) is 1. The molecule has 0 saturated carbocycles. The number of urea groups is 1. The van der Waals surface area contributed by atoms with Crippen LogP contribution in [0.5, 0.6) is 0 Å². The van der Waals surface area contributed by atoms with Crippen molar-refractivity contribution in [2.45, 2.75) is 32.7 Å². The van der Waals surface area contributed by atoms with E-state index >= 15 is 0 Å². The van der Waals surface area contributed by atoms with Crippen LogP contribution in [0, 0.1) is 0 Å². The molecule has 0 aliphatic carbocycles. The highest BCUT2D eigenvalue weighted by Crippen LogP contribution is 2.16. The fourth-order valence-corrected chi connectivity index (χ4v) is 1.92. The van der Waals surface area contributed by atoms with Gasteiger partial charge in [0.1, 0.15) is 18.6 Å². The SMILES string of the molecule is CCCN(CC(=O)O)C(=O)CN1C(=O)NC(C)(C)C1=O. The molecule has 8 heteroatoms. The minimum Gasteiger partial charge on any atom is -0.480 e. The van der Waals surface area contributed by atoms with Crippen molar-refractivity contribution in [3.8, 4) is 0 Å². The number of carbonyl (C=O) groups excluding carboxylic acids is 3. The quantitative estimate of drug-likeness (QED) is 0.648. The van der Waals surface area contributed by atoms with Gasteiger partial charge in [-0.1, -0.05) is 6.92 Å². The summed E-state index contributed by atoms with van der Waals surface area (Å²) < 4.78 is 0. The average molecular weight is 285 g/mol. The third-order valence-corrected chi connectivity index (χ3v) is 2.91. The van der Waals surface area contributed by atoms with Gasteiger partial charge >= 0.3 is 12.0 Å². The van der Waals surface area contributed by atoms with Crippen LogP contribution in [0.3, 0.4) is 0 Å². The standard InChI is InChI=1S/C12H19N3O5/c1-4-5-14(7-9(17)18)8(16)6-15-10(19)12(2,3)13-11(15)20/h4-7H2,1-3H3,(H,13,20)(H,17,18). The molecule has 0 atom stereocenters. The zero-order valence-electron chi connectivity index (χ0n) is 11.8. The largest absolute Gasteiger partial charge is 0.480 e. The maximum Gasteiger partial charge on any atom is 0.325 e. The monoisotopic (exact) mass is 285 g/mol. The van der Waals surface area contributed by atoms with Gasteiger partial charge in [0.25, 0.3) is 5.91 Å². The highest BCUT2D eigenvalue weighted by molar-refractivity contribution is 6.08. The molecule has 1 heterocycles. The molecule has 0 radical (unpaired) electrons. The number of rotatable bonds is 6. The van der Waals surface area contributed by atoms with E-state index in [1.807, 2.05) is 0 Å². The second-order valence-electron chi connectivity index (χ2n) is 5.16. The molecule has 0 unspecified atom stereocenters. The lowest BCUT2D eigenvalue weighted by Crippen LogP contribution is -2.46. The Kier molecular flexibility index (Phi) is 4.69. The van der Waals surface area contributed by atoms with Crippen LogP contribution in [0.2, 0.25) is 0 Å². The molecule has 0 bridgehead atoms. The van der Waals surface area contributed by atoms with Gasteiger partial charge in [0, 0.05) is 6.54 Å². The predicted molar refractivity (Wildman–Crippen MR) is 68.8 cm³/mol. The van der Waals surface area contributed by atoms with Gasteiger partial charge in [-0.15, -0.1) is 0 Å². The lowest BCUT2D eigenvalue weighted by atomic mass is 10.1. The van der Waals surface area contributed by atoms with E-state index < -0.39 is 42.4 Å². The summed E-state index contributed by atoms with van der Waals surface area (Å²) in [4.78, 5) is 48.2. The summed E-state index contributed by atoms with van der Waals surface area (Å²) in [6, 6.07) is -0.639. The highest BCUT2D eigenvalue weighted by atomic mass is 16.4. The van der Waals surface area contributed by atoms with Crippen molar-refractivity contribution < 1.29 is 24.3 Å². The maximum absolute atomic E-state index is 12.0. The van der Waals surface area contributed by atoms with E-state index in [-0.39, 0.29) is 6.54 Å². The van der Waals surface area contributed by atoms with Gasteiger partial charge in [0.2, 0.25) is 5.91 Å². The third kappa shape index (κ3) is 3.46. The number of hydrogen-bond acceptors (Lipinski definition) is 4. The Labute approximate surface area is 116 Å². The third-order valence-electron chi connectivity index (χ3n) is 2.91. The Morgan fingerprint density at radius 1 is 1.35 bits per heavy atom. The molecule has 1 fully saturated rings. The van der Waals surface area contributed by atoms with Gasteiger partial charge in [0.15, 0.2) is 0 Å². The number of carbonyl (C=O) groups is 4. The van der Waals surface area contributed by atoms with Crippen molar-refractivity contribution in [3.05, 3.63) is 0 Å². The average Bonchev–Trinajstić information content (AvgIpc) is 2.50. The first-order chi connectivity index (χ1) is 9.19. The number of aliphatic carboxylic acids is 1. The van der Waals surface area contributed by atoms with E-state index in [1.54, 1.807) is 20.8 Å². The molecule has 4 amide bonds. The van der Waals surface area contributed by atoms with Gasteiger partial charge < -0.3 is 15.3 Å². The lowest BCUT2D eigenvalue weighted by Gasteiger charge is -2.22. The molecular weight excluding hydrogens is 266 g/mol. The van der Waals surface area contributed by atoms with Crippen molar-refractivity contribution in [2.75, 3.05) is 19.6 Å². The zero-order chi connectivity index (χ0) is 15.5. The first-order valence-corrected chi connectivity index (χ1v) is 6.32. The Bertz CT molecular complexity index is 446.